The summed E-state index contributed by atoms with van der Waals surface area (Å²) in [4.78, 5) is 4.13. The van der Waals surface area contributed by atoms with Gasteiger partial charge in [-0.3, -0.25) is 4.98 Å². The first-order chi connectivity index (χ1) is 8.39. The van der Waals surface area contributed by atoms with Crippen LogP contribution in [0.15, 0.2) is 27.8 Å². The average molecular weight is 400 g/mol. The highest BCUT2D eigenvalue weighted by molar-refractivity contribution is 9.10. The van der Waals surface area contributed by atoms with Crippen LogP contribution >= 0.6 is 31.9 Å². The minimum Gasteiger partial charge on any atom is -0.262 e. The van der Waals surface area contributed by atoms with Gasteiger partial charge in [0.15, 0.2) is 0 Å². The van der Waals surface area contributed by atoms with Gasteiger partial charge in [0.25, 0.3) is 0 Å². The van der Waals surface area contributed by atoms with Crippen LogP contribution in [0.5, 0.6) is 0 Å². The molecule has 0 atom stereocenters. The molecule has 1 aromatic rings. The molecule has 1 heterocycles. The fourth-order valence-corrected chi connectivity index (χ4v) is 3.97. The van der Waals surface area contributed by atoms with Gasteiger partial charge in [-0.2, -0.15) is 4.31 Å². The number of sulfonamides is 1. The van der Waals surface area contributed by atoms with E-state index in [4.69, 9.17) is 0 Å². The molecule has 7 heteroatoms. The molecule has 0 fully saturated rings. The van der Waals surface area contributed by atoms with Gasteiger partial charge in [0.1, 0.15) is 4.90 Å². The van der Waals surface area contributed by atoms with Gasteiger partial charge in [0, 0.05) is 34.8 Å². The van der Waals surface area contributed by atoms with Crippen LogP contribution in [0, 0.1) is 0 Å². The molecule has 0 spiro atoms. The van der Waals surface area contributed by atoms with Crippen LogP contribution in [0.1, 0.15) is 20.3 Å². The summed E-state index contributed by atoms with van der Waals surface area (Å²) < 4.78 is 27.1. The Morgan fingerprint density at radius 1 is 1.39 bits per heavy atom. The monoisotopic (exact) mass is 398 g/mol. The number of hydrogen-bond acceptors (Lipinski definition) is 3. The molecule has 4 nitrogen and oxygen atoms in total. The summed E-state index contributed by atoms with van der Waals surface area (Å²) in [6.45, 7) is 4.24. The lowest BCUT2D eigenvalue weighted by atomic mass is 10.4. The maximum atomic E-state index is 12.5. The highest BCUT2D eigenvalue weighted by atomic mass is 79.9. The first-order valence-electron chi connectivity index (χ1n) is 5.58. The molecule has 0 aliphatic heterocycles. The summed E-state index contributed by atoms with van der Waals surface area (Å²) in [7, 11) is -3.48. The molecule has 1 rings (SSSR count). The molecular weight excluding hydrogens is 384 g/mol. The lowest BCUT2D eigenvalue weighted by molar-refractivity contribution is 0.355. The van der Waals surface area contributed by atoms with E-state index in [1.807, 2.05) is 13.8 Å². The van der Waals surface area contributed by atoms with Crippen molar-refractivity contribution in [2.24, 2.45) is 0 Å². The van der Waals surface area contributed by atoms with Gasteiger partial charge in [-0.05, 0) is 42.3 Å². The van der Waals surface area contributed by atoms with Gasteiger partial charge in [-0.15, -0.1) is 0 Å². The Balaban J connectivity index is 3.09. The summed E-state index contributed by atoms with van der Waals surface area (Å²) in [5.74, 6) is 0. The molecule has 0 N–H and O–H groups in total. The topological polar surface area (TPSA) is 50.3 Å². The van der Waals surface area contributed by atoms with Crippen molar-refractivity contribution in [1.29, 1.82) is 0 Å². The number of alkyl halides is 1. The standard InChI is InChI=1S/C11H16Br2N2O2S/c1-9(2)15(5-3-4-12)18(16,17)11-6-10(13)7-14-8-11/h6-9H,3-5H2,1-2H3. The van der Waals surface area contributed by atoms with Crippen molar-refractivity contribution in [2.75, 3.05) is 11.9 Å². The normalized spacial score (nSPS) is 12.3. The van der Waals surface area contributed by atoms with Crippen molar-refractivity contribution in [3.05, 3.63) is 22.9 Å². The minimum atomic E-state index is -3.48. The van der Waals surface area contributed by atoms with E-state index in [-0.39, 0.29) is 10.9 Å². The van der Waals surface area contributed by atoms with Crippen molar-refractivity contribution in [3.63, 3.8) is 0 Å². The molecule has 0 amide bonds. The Kier molecular flexibility index (Phi) is 6.23. The molecule has 0 saturated carbocycles. The quantitative estimate of drug-likeness (QED) is 0.690. The van der Waals surface area contributed by atoms with E-state index in [0.29, 0.717) is 11.0 Å². The molecule has 102 valence electrons. The molecule has 0 unspecified atom stereocenters. The Labute approximate surface area is 125 Å². The van der Waals surface area contributed by atoms with E-state index in [1.165, 1.54) is 10.5 Å². The number of rotatable bonds is 6. The zero-order chi connectivity index (χ0) is 13.8. The van der Waals surface area contributed by atoms with Gasteiger partial charge >= 0.3 is 0 Å². The van der Waals surface area contributed by atoms with Crippen LogP contribution in [0.3, 0.4) is 0 Å². The van der Waals surface area contributed by atoms with E-state index in [2.05, 4.69) is 36.8 Å². The third kappa shape index (κ3) is 4.01. The third-order valence-electron chi connectivity index (χ3n) is 2.37. The van der Waals surface area contributed by atoms with Crippen molar-refractivity contribution < 1.29 is 8.42 Å². The maximum Gasteiger partial charge on any atom is 0.244 e. The lowest BCUT2D eigenvalue weighted by Crippen LogP contribution is -2.37. The molecule has 0 radical (unpaired) electrons. The summed E-state index contributed by atoms with van der Waals surface area (Å²) >= 11 is 6.56. The Morgan fingerprint density at radius 3 is 2.56 bits per heavy atom. The van der Waals surface area contributed by atoms with Gasteiger partial charge in [-0.1, -0.05) is 15.9 Å². The number of aromatic nitrogens is 1. The predicted molar refractivity (Wildman–Crippen MR) is 79.4 cm³/mol. The van der Waals surface area contributed by atoms with E-state index < -0.39 is 10.0 Å². The lowest BCUT2D eigenvalue weighted by Gasteiger charge is -2.25. The van der Waals surface area contributed by atoms with Crippen molar-refractivity contribution in [2.45, 2.75) is 31.2 Å². The maximum absolute atomic E-state index is 12.5. The van der Waals surface area contributed by atoms with Gasteiger partial charge in [0.2, 0.25) is 10.0 Å². The molecule has 0 aliphatic rings. The van der Waals surface area contributed by atoms with E-state index in [1.54, 1.807) is 12.3 Å². The molecule has 0 bridgehead atoms. The van der Waals surface area contributed by atoms with Crippen LogP contribution in [-0.2, 0) is 10.0 Å². The molecular formula is C11H16Br2N2O2S. The highest BCUT2D eigenvalue weighted by Crippen LogP contribution is 2.20. The zero-order valence-corrected chi connectivity index (χ0v) is 14.3. The summed E-state index contributed by atoms with van der Waals surface area (Å²) in [6.07, 6.45) is 3.72. The van der Waals surface area contributed by atoms with Crippen LogP contribution in [0.2, 0.25) is 0 Å². The first kappa shape index (κ1) is 16.1. The number of pyridine rings is 1. The molecule has 0 saturated heterocycles. The summed E-state index contributed by atoms with van der Waals surface area (Å²) in [6, 6.07) is 1.50. The highest BCUT2D eigenvalue weighted by Gasteiger charge is 2.26. The molecule has 0 aliphatic carbocycles. The van der Waals surface area contributed by atoms with Crippen LogP contribution in [0.25, 0.3) is 0 Å². The van der Waals surface area contributed by atoms with Gasteiger partial charge < -0.3 is 0 Å². The first-order valence-corrected chi connectivity index (χ1v) is 8.93. The molecule has 18 heavy (non-hydrogen) atoms. The fraction of sp³-hybridized carbons (Fsp3) is 0.545. The summed E-state index contributed by atoms with van der Waals surface area (Å²) in [5, 5.41) is 0.780. The fourth-order valence-electron chi connectivity index (χ4n) is 1.54. The number of hydrogen-bond donors (Lipinski definition) is 0. The molecule has 1 aromatic heterocycles. The van der Waals surface area contributed by atoms with Gasteiger partial charge in [-0.25, -0.2) is 8.42 Å². The van der Waals surface area contributed by atoms with Crippen LogP contribution in [-0.4, -0.2) is 35.6 Å². The largest absolute Gasteiger partial charge is 0.262 e. The number of halogens is 2. The Morgan fingerprint density at radius 2 is 2.06 bits per heavy atom. The van der Waals surface area contributed by atoms with E-state index in [9.17, 15) is 8.42 Å². The molecule has 0 aromatic carbocycles. The van der Waals surface area contributed by atoms with Crippen molar-refractivity contribution >= 4 is 41.9 Å². The SMILES string of the molecule is CC(C)N(CCCBr)S(=O)(=O)c1cncc(Br)c1. The van der Waals surface area contributed by atoms with Gasteiger partial charge in [0.05, 0.1) is 0 Å². The number of nitrogens with zero attached hydrogens (tertiary/aromatic N) is 2. The average Bonchev–Trinajstić information content (AvgIpc) is 2.28. The van der Waals surface area contributed by atoms with Crippen LogP contribution < -0.4 is 0 Å². The Bertz CT molecular complexity index is 492. The second-order valence-corrected chi connectivity index (χ2v) is 7.69. The zero-order valence-electron chi connectivity index (χ0n) is 10.3. The minimum absolute atomic E-state index is 0.0759. The summed E-state index contributed by atoms with van der Waals surface area (Å²) in [5.41, 5.74) is 0. The Hall–Kier alpha value is 0.0200. The van der Waals surface area contributed by atoms with Crippen molar-refractivity contribution in [1.82, 2.24) is 9.29 Å². The van der Waals surface area contributed by atoms with Crippen molar-refractivity contribution in [3.8, 4) is 0 Å². The van der Waals surface area contributed by atoms with E-state index in [0.717, 1.165) is 11.8 Å². The smallest absolute Gasteiger partial charge is 0.244 e. The second-order valence-electron chi connectivity index (χ2n) is 4.09. The predicted octanol–water partition coefficient (Wildman–Crippen LogP) is 3.03. The second kappa shape index (κ2) is 6.98. The van der Waals surface area contributed by atoms with E-state index >= 15 is 0 Å². The third-order valence-corrected chi connectivity index (χ3v) is 5.41. The van der Waals surface area contributed by atoms with Crippen LogP contribution in [0.4, 0.5) is 0 Å².